The molecule has 3 heterocycles. The minimum absolute atomic E-state index is 0.0646. The average molecular weight is 547 g/mol. The van der Waals surface area contributed by atoms with Gasteiger partial charge in [-0.05, 0) is 32.0 Å². The van der Waals surface area contributed by atoms with E-state index < -0.39 is 12.0 Å². The molecule has 1 fully saturated rings. The lowest BCUT2D eigenvalue weighted by Crippen LogP contribution is -2.53. The predicted molar refractivity (Wildman–Crippen MR) is 143 cm³/mol. The molecular formula is C28H33F3N4O4. The van der Waals surface area contributed by atoms with Crippen LogP contribution in [0.5, 0.6) is 23.0 Å². The van der Waals surface area contributed by atoms with Crippen molar-refractivity contribution in [2.45, 2.75) is 44.8 Å². The Hall–Kier alpha value is -3.73. The maximum Gasteiger partial charge on any atom is 0.296 e. The summed E-state index contributed by atoms with van der Waals surface area (Å²) in [7, 11) is 1.52. The fraction of sp³-hybridized carbons (Fsp3) is 0.429. The number of alkyl halides is 2. The van der Waals surface area contributed by atoms with Crippen molar-refractivity contribution in [3.8, 4) is 23.0 Å². The number of aromatic nitrogens is 2. The molecular weight excluding hydrogens is 513 g/mol. The van der Waals surface area contributed by atoms with Gasteiger partial charge in [0.1, 0.15) is 29.5 Å². The van der Waals surface area contributed by atoms with Crippen LogP contribution >= 0.6 is 0 Å². The third-order valence-corrected chi connectivity index (χ3v) is 6.48. The van der Waals surface area contributed by atoms with Crippen LogP contribution in [0.25, 0.3) is 10.9 Å². The Morgan fingerprint density at radius 1 is 1.23 bits per heavy atom. The van der Waals surface area contributed by atoms with E-state index in [4.69, 9.17) is 18.9 Å². The van der Waals surface area contributed by atoms with Gasteiger partial charge in [0.15, 0.2) is 17.6 Å². The molecule has 1 aromatic heterocycles. The highest BCUT2D eigenvalue weighted by molar-refractivity contribution is 5.95. The Kier molecular flexibility index (Phi) is 9.01. The first-order valence-corrected chi connectivity index (χ1v) is 12.8. The number of anilines is 1. The minimum atomic E-state index is -2.96. The zero-order valence-corrected chi connectivity index (χ0v) is 22.3. The van der Waals surface area contributed by atoms with Gasteiger partial charge < -0.3 is 24.3 Å². The first kappa shape index (κ1) is 28.3. The summed E-state index contributed by atoms with van der Waals surface area (Å²) in [5, 5.41) is 3.87. The van der Waals surface area contributed by atoms with Gasteiger partial charge in [0, 0.05) is 37.2 Å². The summed E-state index contributed by atoms with van der Waals surface area (Å²) in [5.41, 5.74) is 0.567. The van der Waals surface area contributed by atoms with Gasteiger partial charge in [-0.3, -0.25) is 4.90 Å². The number of rotatable bonds is 8. The van der Waals surface area contributed by atoms with Crippen LogP contribution in [0.15, 0.2) is 49.3 Å². The number of halogens is 3. The number of hydrogen-bond acceptors (Lipinski definition) is 8. The van der Waals surface area contributed by atoms with Crippen molar-refractivity contribution in [1.82, 2.24) is 14.9 Å². The molecule has 0 radical (unpaired) electrons. The summed E-state index contributed by atoms with van der Waals surface area (Å²) in [6.45, 7) is 8.66. The van der Waals surface area contributed by atoms with Crippen molar-refractivity contribution in [1.29, 1.82) is 0 Å². The lowest BCUT2D eigenvalue weighted by molar-refractivity contribution is -0.138. The third-order valence-electron chi connectivity index (χ3n) is 6.48. The summed E-state index contributed by atoms with van der Waals surface area (Å²) in [5.74, 6) is -0.835. The van der Waals surface area contributed by atoms with E-state index in [1.807, 2.05) is 19.9 Å². The quantitative estimate of drug-likeness (QED) is 0.362. The lowest BCUT2D eigenvalue weighted by atomic mass is 10.0. The van der Waals surface area contributed by atoms with Crippen molar-refractivity contribution in [2.75, 3.05) is 38.9 Å². The highest BCUT2D eigenvalue weighted by Gasteiger charge is 2.46. The van der Waals surface area contributed by atoms with Crippen LogP contribution in [-0.4, -0.2) is 66.5 Å². The highest BCUT2D eigenvalue weighted by Crippen LogP contribution is 2.38. The molecule has 210 valence electrons. The molecule has 0 spiro atoms. The average Bonchev–Trinajstić information content (AvgIpc) is 3.37. The van der Waals surface area contributed by atoms with Gasteiger partial charge in [0.25, 0.3) is 5.92 Å². The van der Waals surface area contributed by atoms with Gasteiger partial charge >= 0.3 is 0 Å². The van der Waals surface area contributed by atoms with Crippen LogP contribution < -0.4 is 24.3 Å². The van der Waals surface area contributed by atoms with Crippen LogP contribution in [0, 0.1) is 5.82 Å². The van der Waals surface area contributed by atoms with Gasteiger partial charge in [-0.2, -0.15) is 0 Å². The summed E-state index contributed by atoms with van der Waals surface area (Å²) < 4.78 is 63.0. The van der Waals surface area contributed by atoms with Gasteiger partial charge in [-0.25, -0.2) is 23.1 Å². The second-order valence-electron chi connectivity index (χ2n) is 9.33. The van der Waals surface area contributed by atoms with E-state index in [0.717, 1.165) is 6.42 Å². The molecule has 8 nitrogen and oxygen atoms in total. The molecule has 2 aromatic carbocycles. The van der Waals surface area contributed by atoms with Crippen LogP contribution in [-0.2, 0) is 0 Å². The Morgan fingerprint density at radius 3 is 2.74 bits per heavy atom. The summed E-state index contributed by atoms with van der Waals surface area (Å²) in [6, 6.07) is 7.63. The van der Waals surface area contributed by atoms with Gasteiger partial charge in [0.2, 0.25) is 6.79 Å². The number of benzene rings is 2. The zero-order valence-electron chi connectivity index (χ0n) is 22.3. The number of nitrogens with zero attached hydrogens (tertiary/aromatic N) is 3. The molecule has 39 heavy (non-hydrogen) atoms. The summed E-state index contributed by atoms with van der Waals surface area (Å²) >= 11 is 0. The number of nitrogens with one attached hydrogen (secondary N) is 1. The minimum Gasteiger partial charge on any atom is -0.497 e. The molecule has 1 saturated heterocycles. The molecule has 0 bridgehead atoms. The van der Waals surface area contributed by atoms with Crippen molar-refractivity contribution in [2.24, 2.45) is 0 Å². The Bertz CT molecular complexity index is 1290. The fourth-order valence-corrected chi connectivity index (χ4v) is 4.42. The highest BCUT2D eigenvalue weighted by atomic mass is 19.3. The summed E-state index contributed by atoms with van der Waals surface area (Å²) in [6.07, 6.45) is 2.99. The zero-order chi connectivity index (χ0) is 28.0. The molecule has 11 heteroatoms. The summed E-state index contributed by atoms with van der Waals surface area (Å²) in [4.78, 5) is 10.4. The standard InChI is InChI=1S/C21H28F2N4O2.C7H5FO2/c1-5-7-14(3)26-20-19-16(24-13-25-20)10-15(28-4)11-17(19)29-18-8-9-27(6-2)12-21(18,22)23;8-5-1-2-6-7(3-5)10-4-9-6/h5,10-11,13-14,18H,1,6-9,12H2,2-4H3,(H,24,25,26);1-3H,4H2. The first-order chi connectivity index (χ1) is 18.7. The van der Waals surface area contributed by atoms with Gasteiger partial charge in [-0.15, -0.1) is 6.58 Å². The van der Waals surface area contributed by atoms with Crippen molar-refractivity contribution < 1.29 is 32.1 Å². The van der Waals surface area contributed by atoms with Crippen molar-refractivity contribution >= 4 is 16.7 Å². The fourth-order valence-electron chi connectivity index (χ4n) is 4.42. The molecule has 0 aliphatic carbocycles. The molecule has 3 aromatic rings. The third kappa shape index (κ3) is 6.83. The van der Waals surface area contributed by atoms with E-state index in [9.17, 15) is 13.2 Å². The second-order valence-corrected chi connectivity index (χ2v) is 9.33. The first-order valence-electron chi connectivity index (χ1n) is 12.8. The van der Waals surface area contributed by atoms with E-state index in [-0.39, 0.29) is 31.6 Å². The molecule has 5 rings (SSSR count). The SMILES string of the molecule is C=CCC(C)Nc1ncnc2cc(OC)cc(OC3CCN(CC)CC3(F)F)c12.Fc1ccc2c(c1)OCO2. The molecule has 2 aliphatic heterocycles. The van der Waals surface area contributed by atoms with E-state index >= 15 is 0 Å². The molecule has 2 atom stereocenters. The van der Waals surface area contributed by atoms with Crippen LogP contribution in [0.3, 0.4) is 0 Å². The number of methoxy groups -OCH3 is 1. The second kappa shape index (κ2) is 12.4. The maximum absolute atomic E-state index is 14.7. The van der Waals surface area contributed by atoms with E-state index in [2.05, 4.69) is 21.9 Å². The number of hydrogen-bond donors (Lipinski definition) is 1. The van der Waals surface area contributed by atoms with Crippen LogP contribution in [0.1, 0.15) is 26.7 Å². The number of piperidine rings is 1. The number of ether oxygens (including phenoxy) is 4. The Balaban J connectivity index is 0.000000292. The number of likely N-dealkylation sites (tertiary alicyclic amines) is 1. The Labute approximate surface area is 225 Å². The largest absolute Gasteiger partial charge is 0.497 e. The molecule has 2 aliphatic rings. The van der Waals surface area contributed by atoms with Crippen LogP contribution in [0.4, 0.5) is 19.0 Å². The smallest absolute Gasteiger partial charge is 0.296 e. The van der Waals surface area contributed by atoms with Crippen molar-refractivity contribution in [3.05, 3.63) is 55.1 Å². The normalized spacial score (nSPS) is 18.6. The molecule has 1 N–H and O–H groups in total. The van der Waals surface area contributed by atoms with E-state index in [0.29, 0.717) is 52.8 Å². The van der Waals surface area contributed by atoms with E-state index in [1.54, 1.807) is 23.1 Å². The molecule has 0 amide bonds. The topological polar surface area (TPSA) is 78.0 Å². The van der Waals surface area contributed by atoms with Gasteiger partial charge in [0.05, 0.1) is 24.6 Å². The van der Waals surface area contributed by atoms with E-state index in [1.165, 1.54) is 25.6 Å². The van der Waals surface area contributed by atoms with Crippen molar-refractivity contribution in [3.63, 3.8) is 0 Å². The number of fused-ring (bicyclic) bond motifs is 2. The van der Waals surface area contributed by atoms with Gasteiger partial charge in [-0.1, -0.05) is 13.0 Å². The molecule has 0 saturated carbocycles. The molecule has 2 unspecified atom stereocenters. The Morgan fingerprint density at radius 2 is 2.03 bits per heavy atom. The van der Waals surface area contributed by atoms with Crippen LogP contribution in [0.2, 0.25) is 0 Å². The predicted octanol–water partition coefficient (Wildman–Crippen LogP) is 5.68. The maximum atomic E-state index is 14.7. The monoisotopic (exact) mass is 546 g/mol. The lowest BCUT2D eigenvalue weighted by Gasteiger charge is -2.37.